The Balaban J connectivity index is 3.29. The van der Waals surface area contributed by atoms with Crippen LogP contribution < -0.4 is 11.2 Å². The molecule has 9 heavy (non-hydrogen) atoms. The van der Waals surface area contributed by atoms with Gasteiger partial charge in [-0.15, -0.1) is 0 Å². The van der Waals surface area contributed by atoms with Gasteiger partial charge in [0.1, 0.15) is 0 Å². The van der Waals surface area contributed by atoms with Gasteiger partial charge in [0.25, 0.3) is 0 Å². The van der Waals surface area contributed by atoms with E-state index in [1.54, 1.807) is 0 Å². The molecule has 0 radical (unpaired) electrons. The Labute approximate surface area is 70.8 Å². The summed E-state index contributed by atoms with van der Waals surface area (Å²) in [6.07, 6.45) is 0. The van der Waals surface area contributed by atoms with E-state index >= 15 is 0 Å². The highest BCUT2D eigenvalue weighted by Crippen LogP contribution is 1.91. The molecule has 44 valence electrons. The van der Waals surface area contributed by atoms with Crippen molar-refractivity contribution < 1.29 is 0 Å². The molecule has 1 aromatic rings. The van der Waals surface area contributed by atoms with Gasteiger partial charge in [0.2, 0.25) is 7.98 Å². The third-order valence-electron chi connectivity index (χ3n) is 1.42. The predicted molar refractivity (Wildman–Crippen MR) is 55.2 cm³/mol. The van der Waals surface area contributed by atoms with Crippen molar-refractivity contribution in [2.75, 3.05) is 0 Å². The van der Waals surface area contributed by atoms with Crippen LogP contribution in [0.5, 0.6) is 0 Å². The van der Waals surface area contributed by atoms with Crippen molar-refractivity contribution in [3.8, 4) is 0 Å². The lowest BCUT2D eigenvalue weighted by Gasteiger charge is -1.90. The van der Waals surface area contributed by atoms with E-state index in [1.807, 2.05) is 20.4 Å². The Morgan fingerprint density at radius 2 is 2.00 bits per heavy atom. The number of nitrogens with zero attached hydrogens (tertiary/aromatic N) is 2. The molecule has 0 atom stereocenters. The van der Waals surface area contributed by atoms with Crippen molar-refractivity contribution in [1.82, 2.24) is 9.69 Å². The summed E-state index contributed by atoms with van der Waals surface area (Å²) in [5.74, 6) is 0. The molecule has 0 aliphatic heterocycles. The number of hydrogen-bond donors (Lipinski definition) is 0. The Morgan fingerprint density at radius 1 is 1.44 bits per heavy atom. The largest absolute Gasteiger partial charge is 0.333 e. The first-order valence-electron chi connectivity index (χ1n) is 2.78. The second kappa shape index (κ2) is 2.40. The molecule has 2 nitrogen and oxygen atoms in total. The molecule has 0 saturated heterocycles. The zero-order valence-electron chi connectivity index (χ0n) is 5.77. The van der Waals surface area contributed by atoms with Gasteiger partial charge in [-0.2, -0.15) is 0 Å². The summed E-state index contributed by atoms with van der Waals surface area (Å²) in [6.45, 7) is 0. The van der Waals surface area contributed by atoms with Crippen LogP contribution in [0.1, 0.15) is 0 Å². The summed E-state index contributed by atoms with van der Waals surface area (Å²) < 4.78 is 3.17. The van der Waals surface area contributed by atoms with Crippen LogP contribution in [0.15, 0.2) is 0 Å². The molecule has 0 fully saturated rings. The molecule has 1 heterocycles. The lowest BCUT2D eigenvalue weighted by molar-refractivity contribution is 1.03. The first kappa shape index (κ1) is 7.24. The smallest absolute Gasteiger partial charge is 0.247 e. The van der Waals surface area contributed by atoms with Crippen molar-refractivity contribution in [2.24, 2.45) is 0 Å². The molecule has 0 aliphatic carbocycles. The van der Waals surface area contributed by atoms with Crippen LogP contribution in [-0.4, -0.2) is 33.4 Å². The van der Waals surface area contributed by atoms with Gasteiger partial charge in [0.05, 0.1) is 0 Å². The molecule has 0 bridgehead atoms. The fraction of sp³-hybridized carbons (Fsp3) is 0. The third-order valence-corrected chi connectivity index (χ3v) is 2.98. The molecule has 0 saturated carbocycles. The first-order chi connectivity index (χ1) is 4.13. The van der Waals surface area contributed by atoms with E-state index in [2.05, 4.69) is 35.5 Å². The summed E-state index contributed by atoms with van der Waals surface area (Å²) in [6, 6.07) is 0. The van der Waals surface area contributed by atoms with Crippen molar-refractivity contribution >= 4 is 57.5 Å². The highest BCUT2D eigenvalue weighted by atomic mass is 127. The van der Waals surface area contributed by atoms with Crippen LogP contribution in [0.4, 0.5) is 0 Å². The summed E-state index contributed by atoms with van der Waals surface area (Å²) in [5.41, 5.74) is 2.36. The zero-order chi connectivity index (χ0) is 7.02. The molecular weight excluding hydrogens is 223 g/mol. The van der Waals surface area contributed by atoms with Gasteiger partial charge >= 0.3 is 0 Å². The first-order valence-corrected chi connectivity index (χ1v) is 3.86. The van der Waals surface area contributed by atoms with Crippen LogP contribution in [0.2, 0.25) is 0 Å². The second-order valence-electron chi connectivity index (χ2n) is 2.11. The lowest BCUT2D eigenvalue weighted by Crippen LogP contribution is -2.18. The summed E-state index contributed by atoms with van der Waals surface area (Å²) in [5, 5.41) is 4.22. The van der Waals surface area contributed by atoms with Crippen molar-refractivity contribution in [2.45, 2.75) is 0 Å². The maximum absolute atomic E-state index is 4.22. The molecular formula is C3H6B3IN2. The van der Waals surface area contributed by atoms with Gasteiger partial charge in [-0.05, 0) is 28.2 Å². The maximum atomic E-state index is 4.22. The van der Waals surface area contributed by atoms with Crippen LogP contribution >= 0.6 is 22.6 Å². The SMILES string of the molecule is Bc1nn(B)c(B)c1I. The number of hydrogen-bond acceptors (Lipinski definition) is 1. The monoisotopic (exact) mass is 230 g/mol. The Hall–Kier alpha value is 0.135. The maximum Gasteiger partial charge on any atom is 0.247 e. The second-order valence-corrected chi connectivity index (χ2v) is 3.19. The van der Waals surface area contributed by atoms with Crippen LogP contribution in [0.3, 0.4) is 0 Å². The quantitative estimate of drug-likeness (QED) is 0.332. The fourth-order valence-electron chi connectivity index (χ4n) is 0.748. The normalized spacial score (nSPS) is 9.89. The number of rotatable bonds is 0. The van der Waals surface area contributed by atoms with Gasteiger partial charge < -0.3 is 4.59 Å². The fourth-order valence-corrected chi connectivity index (χ4v) is 1.20. The summed E-state index contributed by atoms with van der Waals surface area (Å²) >= 11 is 2.31. The van der Waals surface area contributed by atoms with Crippen LogP contribution in [-0.2, 0) is 0 Å². The lowest BCUT2D eigenvalue weighted by atomic mass is 9.98. The van der Waals surface area contributed by atoms with Crippen molar-refractivity contribution in [1.29, 1.82) is 0 Å². The van der Waals surface area contributed by atoms with Gasteiger partial charge in [-0.25, -0.2) is 5.10 Å². The zero-order valence-corrected chi connectivity index (χ0v) is 7.93. The van der Waals surface area contributed by atoms with E-state index in [9.17, 15) is 0 Å². The van der Waals surface area contributed by atoms with Crippen LogP contribution in [0.25, 0.3) is 0 Å². The number of aromatic nitrogens is 2. The van der Waals surface area contributed by atoms with Crippen molar-refractivity contribution in [3.05, 3.63) is 3.57 Å². The van der Waals surface area contributed by atoms with E-state index < -0.39 is 0 Å². The average molecular weight is 229 g/mol. The molecule has 0 unspecified atom stereocenters. The van der Waals surface area contributed by atoms with E-state index in [1.165, 1.54) is 9.16 Å². The molecule has 6 heteroatoms. The van der Waals surface area contributed by atoms with Gasteiger partial charge in [0.15, 0.2) is 15.7 Å². The highest BCUT2D eigenvalue weighted by Gasteiger charge is 2.02. The predicted octanol–water partition coefficient (Wildman–Crippen LogP) is -3.60. The Bertz CT molecular complexity index is 211. The average Bonchev–Trinajstić information content (AvgIpc) is 1.98. The molecule has 0 spiro atoms. The van der Waals surface area contributed by atoms with Gasteiger partial charge in [-0.3, -0.25) is 0 Å². The molecule has 0 aliphatic rings. The minimum atomic E-state index is 1.12. The van der Waals surface area contributed by atoms with E-state index in [4.69, 9.17) is 0 Å². The minimum Gasteiger partial charge on any atom is -0.333 e. The topological polar surface area (TPSA) is 17.8 Å². The van der Waals surface area contributed by atoms with E-state index in [-0.39, 0.29) is 0 Å². The molecule has 1 rings (SSSR count). The van der Waals surface area contributed by atoms with Gasteiger partial charge in [-0.1, -0.05) is 0 Å². The molecule has 0 amide bonds. The van der Waals surface area contributed by atoms with Crippen molar-refractivity contribution in [3.63, 3.8) is 0 Å². The van der Waals surface area contributed by atoms with E-state index in [0.717, 1.165) is 5.59 Å². The Morgan fingerprint density at radius 3 is 2.11 bits per heavy atom. The summed E-state index contributed by atoms with van der Waals surface area (Å²) in [4.78, 5) is 0. The highest BCUT2D eigenvalue weighted by molar-refractivity contribution is 14.1. The number of halogens is 1. The summed E-state index contributed by atoms with van der Waals surface area (Å²) in [7, 11) is 6.06. The molecule has 1 aromatic heterocycles. The van der Waals surface area contributed by atoms with Crippen LogP contribution in [0, 0.1) is 3.57 Å². The minimum absolute atomic E-state index is 1.12. The third kappa shape index (κ3) is 1.18. The van der Waals surface area contributed by atoms with E-state index in [0.29, 0.717) is 0 Å². The standard InChI is InChI=1S/C3H6B3IN2/c4-2-1(7)3(5)9(6)8-2/h4-6H2. The molecule has 0 N–H and O–H groups in total. The van der Waals surface area contributed by atoms with Gasteiger partial charge in [0, 0.05) is 9.16 Å². The Kier molecular flexibility index (Phi) is 1.93. The molecule has 0 aromatic carbocycles.